The Morgan fingerprint density at radius 1 is 1.35 bits per heavy atom. The molecule has 0 spiro atoms. The van der Waals surface area contributed by atoms with Gasteiger partial charge in [0.1, 0.15) is 18.5 Å². The van der Waals surface area contributed by atoms with Crippen molar-refractivity contribution in [2.75, 3.05) is 19.7 Å². The van der Waals surface area contributed by atoms with E-state index >= 15 is 0 Å². The van der Waals surface area contributed by atoms with Crippen LogP contribution >= 0.6 is 0 Å². The molecule has 2 atom stereocenters. The predicted molar refractivity (Wildman–Crippen MR) is 76.9 cm³/mol. The third-order valence-electron chi connectivity index (χ3n) is 3.51. The lowest BCUT2D eigenvalue weighted by molar-refractivity contribution is -0.139. The van der Waals surface area contributed by atoms with Gasteiger partial charge in [0, 0.05) is 6.54 Å². The first-order valence-electron chi connectivity index (χ1n) is 7.34. The lowest BCUT2D eigenvalue weighted by atomic mass is 10.2. The molecule has 1 amide bonds. The van der Waals surface area contributed by atoms with Crippen LogP contribution in [0.3, 0.4) is 0 Å². The topological polar surface area (TPSA) is 73.6 Å². The summed E-state index contributed by atoms with van der Waals surface area (Å²) in [4.78, 5) is 11.8. The number of hydrogen-bond acceptors (Lipinski definition) is 4. The SMILES string of the molecule is NC[C@H]1CC[C@@H](C(=O)NCCOc2ccccc2C(F)(F)F)O1. The van der Waals surface area contributed by atoms with Gasteiger partial charge in [-0.1, -0.05) is 12.1 Å². The van der Waals surface area contributed by atoms with Crippen LogP contribution in [-0.4, -0.2) is 37.8 Å². The number of halogens is 3. The number of alkyl halides is 3. The molecule has 8 heteroatoms. The van der Waals surface area contributed by atoms with E-state index in [4.69, 9.17) is 15.2 Å². The summed E-state index contributed by atoms with van der Waals surface area (Å²) < 4.78 is 48.9. The number of carbonyl (C=O) groups is 1. The first-order valence-corrected chi connectivity index (χ1v) is 7.34. The first kappa shape index (κ1) is 17.6. The van der Waals surface area contributed by atoms with E-state index in [2.05, 4.69) is 5.32 Å². The summed E-state index contributed by atoms with van der Waals surface area (Å²) in [5.74, 6) is -0.553. The Morgan fingerprint density at radius 3 is 2.74 bits per heavy atom. The summed E-state index contributed by atoms with van der Waals surface area (Å²) in [6.07, 6.45) is -3.82. The fourth-order valence-corrected chi connectivity index (χ4v) is 2.35. The molecular weight excluding hydrogens is 313 g/mol. The molecule has 1 heterocycles. The standard InChI is InChI=1S/C15H19F3N2O3/c16-15(17,18)11-3-1-2-4-12(11)22-8-7-20-14(21)13-6-5-10(9-19)23-13/h1-4,10,13H,5-9,19H2,(H,20,21)/t10-,13+/m1/s1. The molecule has 0 unspecified atom stereocenters. The van der Waals surface area contributed by atoms with Crippen LogP contribution in [0.5, 0.6) is 5.75 Å². The van der Waals surface area contributed by atoms with Gasteiger partial charge >= 0.3 is 6.18 Å². The maximum absolute atomic E-state index is 12.8. The zero-order valence-electron chi connectivity index (χ0n) is 12.4. The Kier molecular flexibility index (Phi) is 5.84. The van der Waals surface area contributed by atoms with Crippen molar-refractivity contribution in [1.29, 1.82) is 0 Å². The summed E-state index contributed by atoms with van der Waals surface area (Å²) in [5, 5.41) is 2.59. The van der Waals surface area contributed by atoms with Crippen LogP contribution in [0.2, 0.25) is 0 Å². The van der Waals surface area contributed by atoms with Crippen LogP contribution in [0.15, 0.2) is 24.3 Å². The van der Waals surface area contributed by atoms with E-state index < -0.39 is 17.8 Å². The van der Waals surface area contributed by atoms with Crippen molar-refractivity contribution >= 4 is 5.91 Å². The molecule has 1 aromatic rings. The molecule has 0 aliphatic carbocycles. The van der Waals surface area contributed by atoms with Crippen molar-refractivity contribution in [2.45, 2.75) is 31.2 Å². The molecule has 1 fully saturated rings. The van der Waals surface area contributed by atoms with Crippen LogP contribution in [0, 0.1) is 0 Å². The van der Waals surface area contributed by atoms with Gasteiger partial charge in [-0.05, 0) is 25.0 Å². The lowest BCUT2D eigenvalue weighted by Gasteiger charge is -2.15. The zero-order chi connectivity index (χ0) is 16.9. The molecule has 1 aliphatic heterocycles. The van der Waals surface area contributed by atoms with Gasteiger partial charge in [-0.2, -0.15) is 13.2 Å². The van der Waals surface area contributed by atoms with Crippen LogP contribution in [0.1, 0.15) is 18.4 Å². The number of carbonyl (C=O) groups excluding carboxylic acids is 1. The second-order valence-corrected chi connectivity index (χ2v) is 5.19. The average molecular weight is 332 g/mol. The molecule has 0 saturated carbocycles. The molecule has 1 aromatic carbocycles. The molecule has 0 bridgehead atoms. The van der Waals surface area contributed by atoms with Crippen molar-refractivity contribution in [3.8, 4) is 5.75 Å². The van der Waals surface area contributed by atoms with Gasteiger partial charge in [0.2, 0.25) is 5.91 Å². The van der Waals surface area contributed by atoms with Crippen LogP contribution < -0.4 is 15.8 Å². The van der Waals surface area contributed by atoms with Gasteiger partial charge in [-0.3, -0.25) is 4.79 Å². The van der Waals surface area contributed by atoms with Gasteiger partial charge in [-0.15, -0.1) is 0 Å². The van der Waals surface area contributed by atoms with E-state index in [0.717, 1.165) is 12.5 Å². The average Bonchev–Trinajstić information content (AvgIpc) is 3.00. The number of rotatable bonds is 6. The summed E-state index contributed by atoms with van der Waals surface area (Å²) in [6, 6.07) is 4.95. The number of amides is 1. The molecule has 128 valence electrons. The van der Waals surface area contributed by atoms with Crippen molar-refractivity contribution in [3.63, 3.8) is 0 Å². The highest BCUT2D eigenvalue weighted by atomic mass is 19.4. The van der Waals surface area contributed by atoms with Crippen molar-refractivity contribution in [3.05, 3.63) is 29.8 Å². The fraction of sp³-hybridized carbons (Fsp3) is 0.533. The van der Waals surface area contributed by atoms with Gasteiger partial charge < -0.3 is 20.5 Å². The smallest absolute Gasteiger partial charge is 0.419 e. The van der Waals surface area contributed by atoms with Crippen LogP contribution in [0.25, 0.3) is 0 Å². The van der Waals surface area contributed by atoms with E-state index in [9.17, 15) is 18.0 Å². The molecule has 5 nitrogen and oxygen atoms in total. The highest BCUT2D eigenvalue weighted by Crippen LogP contribution is 2.35. The number of nitrogens with two attached hydrogens (primary N) is 1. The Balaban J connectivity index is 1.77. The number of benzene rings is 1. The highest BCUT2D eigenvalue weighted by molar-refractivity contribution is 5.81. The van der Waals surface area contributed by atoms with E-state index in [1.54, 1.807) is 0 Å². The summed E-state index contributed by atoms with van der Waals surface area (Å²) in [7, 11) is 0. The molecule has 2 rings (SSSR count). The van der Waals surface area contributed by atoms with Crippen LogP contribution in [-0.2, 0) is 15.7 Å². The zero-order valence-corrected chi connectivity index (χ0v) is 12.4. The number of para-hydroxylation sites is 1. The van der Waals surface area contributed by atoms with E-state index in [0.29, 0.717) is 13.0 Å². The molecule has 0 aromatic heterocycles. The Hall–Kier alpha value is -1.80. The largest absolute Gasteiger partial charge is 0.491 e. The number of nitrogens with one attached hydrogen (secondary N) is 1. The maximum atomic E-state index is 12.8. The van der Waals surface area contributed by atoms with Gasteiger partial charge in [-0.25, -0.2) is 0 Å². The monoisotopic (exact) mass is 332 g/mol. The fourth-order valence-electron chi connectivity index (χ4n) is 2.35. The van der Waals surface area contributed by atoms with E-state index in [1.807, 2.05) is 0 Å². The first-order chi connectivity index (χ1) is 10.9. The summed E-state index contributed by atoms with van der Waals surface area (Å²) in [5.41, 5.74) is 4.63. The van der Waals surface area contributed by atoms with Crippen molar-refractivity contribution in [2.24, 2.45) is 5.73 Å². The lowest BCUT2D eigenvalue weighted by Crippen LogP contribution is -2.37. The quantitative estimate of drug-likeness (QED) is 0.778. The highest BCUT2D eigenvalue weighted by Gasteiger charge is 2.34. The number of ether oxygens (including phenoxy) is 2. The minimum absolute atomic E-state index is 0.0636. The Morgan fingerprint density at radius 2 is 2.09 bits per heavy atom. The molecular formula is C15H19F3N2O3. The second-order valence-electron chi connectivity index (χ2n) is 5.19. The van der Waals surface area contributed by atoms with Crippen molar-refractivity contribution < 1.29 is 27.4 Å². The third kappa shape index (κ3) is 4.84. The molecule has 23 heavy (non-hydrogen) atoms. The molecule has 1 aliphatic rings. The molecule has 3 N–H and O–H groups in total. The minimum atomic E-state index is -4.48. The minimum Gasteiger partial charge on any atom is -0.491 e. The van der Waals surface area contributed by atoms with Crippen molar-refractivity contribution in [1.82, 2.24) is 5.32 Å². The normalized spacial score (nSPS) is 21.2. The Bertz CT molecular complexity index is 537. The summed E-state index contributed by atoms with van der Waals surface area (Å²) >= 11 is 0. The summed E-state index contributed by atoms with van der Waals surface area (Å²) in [6.45, 7) is 0.394. The molecule has 0 radical (unpaired) electrons. The second kappa shape index (κ2) is 7.65. The Labute approximate surface area is 131 Å². The predicted octanol–water partition coefficient (Wildman–Crippen LogP) is 1.71. The van der Waals surface area contributed by atoms with E-state index in [1.165, 1.54) is 18.2 Å². The molecule has 1 saturated heterocycles. The maximum Gasteiger partial charge on any atom is 0.419 e. The van der Waals surface area contributed by atoms with Gasteiger partial charge in [0.15, 0.2) is 0 Å². The number of hydrogen-bond donors (Lipinski definition) is 2. The van der Waals surface area contributed by atoms with Gasteiger partial charge in [0.05, 0.1) is 18.2 Å². The van der Waals surface area contributed by atoms with Crippen LogP contribution in [0.4, 0.5) is 13.2 Å². The van der Waals surface area contributed by atoms with E-state index in [-0.39, 0.29) is 30.9 Å². The third-order valence-corrected chi connectivity index (χ3v) is 3.51. The van der Waals surface area contributed by atoms with Gasteiger partial charge in [0.25, 0.3) is 0 Å².